The predicted octanol–water partition coefficient (Wildman–Crippen LogP) is 12.2. The number of benzene rings is 7. The van der Waals surface area contributed by atoms with Crippen molar-refractivity contribution in [3.63, 3.8) is 0 Å². The summed E-state index contributed by atoms with van der Waals surface area (Å²) in [6, 6.07) is 54.3. The van der Waals surface area contributed by atoms with Crippen molar-refractivity contribution in [2.45, 2.75) is 6.18 Å². The molecule has 0 spiro atoms. The Kier molecular flexibility index (Phi) is 8.25. The summed E-state index contributed by atoms with van der Waals surface area (Å²) in [5.74, 6) is 1.39. The Morgan fingerprint density at radius 1 is 0.455 bits per heavy atom. The molecule has 9 aromatic rings. The first-order valence-corrected chi connectivity index (χ1v) is 17.6. The molecule has 262 valence electrons. The highest BCUT2D eigenvalue weighted by atomic mass is 19.4. The van der Waals surface area contributed by atoms with Gasteiger partial charge in [0.15, 0.2) is 17.5 Å². The predicted molar refractivity (Wildman–Crippen MR) is 211 cm³/mol. The van der Waals surface area contributed by atoms with Gasteiger partial charge in [0.25, 0.3) is 0 Å². The van der Waals surface area contributed by atoms with E-state index in [0.29, 0.717) is 45.4 Å². The van der Waals surface area contributed by atoms with Crippen LogP contribution in [0.4, 0.5) is 13.2 Å². The number of hydrogen-bond donors (Lipinski definition) is 0. The molecule has 0 saturated heterocycles. The third kappa shape index (κ3) is 6.28. The topological polar surface area (TPSA) is 67.4 Å². The van der Waals surface area contributed by atoms with E-state index in [-0.39, 0.29) is 0 Å². The molecular weight excluding hydrogens is 692 g/mol. The van der Waals surface area contributed by atoms with Gasteiger partial charge in [-0.15, -0.1) is 0 Å². The fourth-order valence-electron chi connectivity index (χ4n) is 7.04. The zero-order valence-electron chi connectivity index (χ0n) is 29.0. The summed E-state index contributed by atoms with van der Waals surface area (Å²) in [4.78, 5) is 15.0. The lowest BCUT2D eigenvalue weighted by Crippen LogP contribution is -2.05. The maximum absolute atomic E-state index is 14.0. The molecule has 0 amide bonds. The van der Waals surface area contributed by atoms with E-state index in [9.17, 15) is 18.4 Å². The van der Waals surface area contributed by atoms with Crippen LogP contribution in [0.15, 0.2) is 170 Å². The fourth-order valence-corrected chi connectivity index (χ4v) is 7.04. The van der Waals surface area contributed by atoms with Crippen LogP contribution in [0.5, 0.6) is 0 Å². The third-order valence-corrected chi connectivity index (χ3v) is 9.72. The number of fused-ring (bicyclic) bond motifs is 3. The molecule has 0 aliphatic heterocycles. The van der Waals surface area contributed by atoms with E-state index in [4.69, 9.17) is 15.0 Å². The Labute approximate surface area is 314 Å². The van der Waals surface area contributed by atoms with Gasteiger partial charge >= 0.3 is 6.18 Å². The molecule has 0 N–H and O–H groups in total. The van der Waals surface area contributed by atoms with Gasteiger partial charge in [-0.3, -0.25) is 0 Å². The SMILES string of the molecule is N#Cc1ccc(-c2ccc3c4ccccc4n(-c4cc(-c5cccc(C(F)(F)F)c5)ccc4-c4nc(-c5ccccc5)nc(-c5ccccc5)n4)c3c2)cc1. The smallest absolute Gasteiger partial charge is 0.308 e. The van der Waals surface area contributed by atoms with Crippen LogP contribution >= 0.6 is 0 Å². The van der Waals surface area contributed by atoms with Crippen molar-refractivity contribution in [2.24, 2.45) is 0 Å². The zero-order chi connectivity index (χ0) is 37.5. The Balaban J connectivity index is 1.35. The molecule has 0 fully saturated rings. The summed E-state index contributed by atoms with van der Waals surface area (Å²) in [5.41, 5.74) is 7.50. The Bertz CT molecular complexity index is 2850. The molecule has 0 aliphatic rings. The Morgan fingerprint density at radius 3 is 1.67 bits per heavy atom. The van der Waals surface area contributed by atoms with E-state index in [0.717, 1.165) is 50.1 Å². The zero-order valence-corrected chi connectivity index (χ0v) is 29.0. The first-order valence-electron chi connectivity index (χ1n) is 17.6. The number of nitrogens with zero attached hydrogens (tertiary/aromatic N) is 5. The van der Waals surface area contributed by atoms with Crippen LogP contribution in [0.1, 0.15) is 11.1 Å². The fraction of sp³-hybridized carbons (Fsp3) is 0.0213. The molecule has 0 saturated carbocycles. The molecule has 2 heterocycles. The molecule has 55 heavy (non-hydrogen) atoms. The number of nitriles is 1. The summed E-state index contributed by atoms with van der Waals surface area (Å²) in [5, 5.41) is 11.4. The van der Waals surface area contributed by atoms with Crippen LogP contribution in [-0.2, 0) is 6.18 Å². The van der Waals surface area contributed by atoms with Gasteiger partial charge in [-0.05, 0) is 70.8 Å². The van der Waals surface area contributed by atoms with Crippen LogP contribution in [0.2, 0.25) is 0 Å². The van der Waals surface area contributed by atoms with Crippen molar-refractivity contribution < 1.29 is 13.2 Å². The summed E-state index contributed by atoms with van der Waals surface area (Å²) in [6.45, 7) is 0. The standard InChI is InChI=1S/C47H28F3N5/c48-47(49,50)37-15-9-14-34(26-37)36-23-25-40(46-53-44(32-10-3-1-4-11-32)52-45(54-46)33-12-5-2-6-13-33)43(28-36)55-41-17-8-7-16-38(41)39-24-22-35(27-42(39)55)31-20-18-30(29-51)19-21-31/h1-28H. The maximum atomic E-state index is 14.0. The van der Waals surface area contributed by atoms with Gasteiger partial charge in [-0.2, -0.15) is 18.4 Å². The number of halogens is 3. The summed E-state index contributed by atoms with van der Waals surface area (Å²) < 4.78 is 44.0. The third-order valence-electron chi connectivity index (χ3n) is 9.72. The summed E-state index contributed by atoms with van der Waals surface area (Å²) >= 11 is 0. The Hall–Kier alpha value is -7.37. The molecule has 5 nitrogen and oxygen atoms in total. The van der Waals surface area contributed by atoms with Gasteiger partial charge in [0.05, 0.1) is 33.9 Å². The van der Waals surface area contributed by atoms with Crippen molar-refractivity contribution in [3.8, 4) is 68.2 Å². The van der Waals surface area contributed by atoms with Gasteiger partial charge in [0.1, 0.15) is 0 Å². The molecule has 0 atom stereocenters. The Morgan fingerprint density at radius 2 is 1.00 bits per heavy atom. The molecular formula is C47H28F3N5. The minimum atomic E-state index is -4.50. The van der Waals surface area contributed by atoms with Crippen molar-refractivity contribution in [3.05, 3.63) is 181 Å². The van der Waals surface area contributed by atoms with Gasteiger partial charge < -0.3 is 4.57 Å². The molecule has 2 aromatic heterocycles. The number of rotatable bonds is 6. The van der Waals surface area contributed by atoms with Crippen LogP contribution < -0.4 is 0 Å². The monoisotopic (exact) mass is 719 g/mol. The normalized spacial score (nSPS) is 11.5. The maximum Gasteiger partial charge on any atom is 0.416 e. The summed E-state index contributed by atoms with van der Waals surface area (Å²) in [7, 11) is 0. The second-order valence-corrected chi connectivity index (χ2v) is 13.1. The number of alkyl halides is 3. The van der Waals surface area contributed by atoms with Crippen molar-refractivity contribution >= 4 is 21.8 Å². The van der Waals surface area contributed by atoms with E-state index in [1.54, 1.807) is 18.2 Å². The van der Waals surface area contributed by atoms with Crippen LogP contribution in [0, 0.1) is 11.3 Å². The van der Waals surface area contributed by atoms with E-state index in [1.165, 1.54) is 12.1 Å². The molecule has 0 unspecified atom stereocenters. The molecule has 7 aromatic carbocycles. The number of para-hydroxylation sites is 1. The molecule has 0 radical (unpaired) electrons. The first kappa shape index (κ1) is 33.5. The van der Waals surface area contributed by atoms with E-state index in [1.807, 2.05) is 109 Å². The highest BCUT2D eigenvalue weighted by molar-refractivity contribution is 6.10. The lowest BCUT2D eigenvalue weighted by Gasteiger charge is -2.17. The summed E-state index contributed by atoms with van der Waals surface area (Å²) in [6.07, 6.45) is -4.50. The highest BCUT2D eigenvalue weighted by Crippen LogP contribution is 2.40. The molecule has 0 aliphatic carbocycles. The van der Waals surface area contributed by atoms with E-state index < -0.39 is 11.7 Å². The van der Waals surface area contributed by atoms with Crippen molar-refractivity contribution in [2.75, 3.05) is 0 Å². The molecule has 0 bridgehead atoms. The van der Waals surface area contributed by atoms with E-state index >= 15 is 0 Å². The minimum absolute atomic E-state index is 0.410. The lowest BCUT2D eigenvalue weighted by molar-refractivity contribution is -0.137. The lowest BCUT2D eigenvalue weighted by atomic mass is 9.99. The molecule has 9 rings (SSSR count). The first-order chi connectivity index (χ1) is 26.8. The average Bonchev–Trinajstić information content (AvgIpc) is 3.57. The van der Waals surface area contributed by atoms with Crippen molar-refractivity contribution in [1.29, 1.82) is 5.26 Å². The van der Waals surface area contributed by atoms with Crippen LogP contribution in [-0.4, -0.2) is 19.5 Å². The second kappa shape index (κ2) is 13.6. The number of aromatic nitrogens is 4. The van der Waals surface area contributed by atoms with Crippen LogP contribution in [0.3, 0.4) is 0 Å². The largest absolute Gasteiger partial charge is 0.416 e. The van der Waals surface area contributed by atoms with Gasteiger partial charge in [-0.1, -0.05) is 121 Å². The van der Waals surface area contributed by atoms with Crippen molar-refractivity contribution in [1.82, 2.24) is 19.5 Å². The quantitative estimate of drug-likeness (QED) is 0.172. The van der Waals surface area contributed by atoms with Gasteiger partial charge in [0, 0.05) is 27.5 Å². The number of hydrogen-bond acceptors (Lipinski definition) is 4. The van der Waals surface area contributed by atoms with Gasteiger partial charge in [0.2, 0.25) is 0 Å². The van der Waals surface area contributed by atoms with Gasteiger partial charge in [-0.25, -0.2) is 15.0 Å². The highest BCUT2D eigenvalue weighted by Gasteiger charge is 2.30. The minimum Gasteiger partial charge on any atom is -0.308 e. The molecule has 8 heteroatoms. The van der Waals surface area contributed by atoms with E-state index in [2.05, 4.69) is 34.9 Å². The van der Waals surface area contributed by atoms with Crippen LogP contribution in [0.25, 0.3) is 83.9 Å². The average molecular weight is 720 g/mol. The second-order valence-electron chi connectivity index (χ2n) is 13.1.